The third-order valence-corrected chi connectivity index (χ3v) is 5.20. The number of benzene rings is 1. The van der Waals surface area contributed by atoms with Crippen molar-refractivity contribution in [2.75, 3.05) is 37.7 Å². The van der Waals surface area contributed by atoms with E-state index in [9.17, 15) is 4.79 Å². The van der Waals surface area contributed by atoms with E-state index in [1.54, 1.807) is 17.3 Å². The number of hydrogen-bond acceptors (Lipinski definition) is 6. The van der Waals surface area contributed by atoms with E-state index in [-0.39, 0.29) is 6.09 Å². The van der Waals surface area contributed by atoms with Gasteiger partial charge in [0, 0.05) is 51.2 Å². The number of carbonyl (C=O) groups is 1. The Kier molecular flexibility index (Phi) is 6.62. The first-order chi connectivity index (χ1) is 15.2. The molecule has 0 spiro atoms. The van der Waals surface area contributed by atoms with Crippen LogP contribution in [0.25, 0.3) is 0 Å². The minimum atomic E-state index is -0.315. The van der Waals surface area contributed by atoms with Crippen molar-refractivity contribution in [3.8, 4) is 11.5 Å². The Morgan fingerprint density at radius 1 is 0.935 bits per heavy atom. The molecule has 1 aromatic carbocycles. The van der Waals surface area contributed by atoms with E-state index in [0.29, 0.717) is 25.4 Å². The van der Waals surface area contributed by atoms with Gasteiger partial charge in [0.25, 0.3) is 0 Å². The van der Waals surface area contributed by atoms with Crippen LogP contribution in [0.15, 0.2) is 67.1 Å². The molecule has 4 rings (SSSR count). The van der Waals surface area contributed by atoms with Crippen molar-refractivity contribution in [2.45, 2.75) is 13.3 Å². The molecule has 7 nitrogen and oxygen atoms in total. The Balaban J connectivity index is 1.22. The average molecular weight is 418 g/mol. The van der Waals surface area contributed by atoms with Crippen LogP contribution >= 0.6 is 0 Å². The lowest BCUT2D eigenvalue weighted by molar-refractivity contribution is 0.149. The fraction of sp³-hybridized carbons (Fsp3) is 0.292. The van der Waals surface area contributed by atoms with E-state index >= 15 is 0 Å². The predicted molar refractivity (Wildman–Crippen MR) is 119 cm³/mol. The Bertz CT molecular complexity index is 970. The molecular weight excluding hydrogens is 392 g/mol. The minimum Gasteiger partial charge on any atom is -0.493 e. The van der Waals surface area contributed by atoms with Crippen molar-refractivity contribution >= 4 is 11.9 Å². The number of anilines is 1. The van der Waals surface area contributed by atoms with E-state index in [1.807, 2.05) is 55.6 Å². The predicted octanol–water partition coefficient (Wildman–Crippen LogP) is 3.73. The van der Waals surface area contributed by atoms with Gasteiger partial charge in [0.05, 0.1) is 6.61 Å². The maximum atomic E-state index is 12.5. The number of carbonyl (C=O) groups excluding carboxylic acids is 1. The SMILES string of the molecule is Cc1ccc(N2CCN(C(=O)Oc3ccc(CCOc4ccncc4)cc3)CC2)nc1. The highest BCUT2D eigenvalue weighted by Crippen LogP contribution is 2.17. The minimum absolute atomic E-state index is 0.315. The molecule has 0 N–H and O–H groups in total. The summed E-state index contributed by atoms with van der Waals surface area (Å²) in [6.45, 7) is 5.29. The molecule has 1 aliphatic heterocycles. The van der Waals surface area contributed by atoms with Gasteiger partial charge in [0.1, 0.15) is 17.3 Å². The van der Waals surface area contributed by atoms with Gasteiger partial charge in [-0.3, -0.25) is 4.98 Å². The summed E-state index contributed by atoms with van der Waals surface area (Å²) >= 11 is 0. The van der Waals surface area contributed by atoms with Crippen molar-refractivity contribution < 1.29 is 14.3 Å². The summed E-state index contributed by atoms with van der Waals surface area (Å²) in [5, 5.41) is 0. The molecule has 0 bridgehead atoms. The van der Waals surface area contributed by atoms with Crippen LogP contribution in [0.5, 0.6) is 11.5 Å². The van der Waals surface area contributed by atoms with Gasteiger partial charge in [-0.25, -0.2) is 9.78 Å². The zero-order valence-electron chi connectivity index (χ0n) is 17.6. The molecule has 1 aliphatic rings. The van der Waals surface area contributed by atoms with Gasteiger partial charge < -0.3 is 19.3 Å². The normalized spacial score (nSPS) is 13.7. The van der Waals surface area contributed by atoms with Gasteiger partial charge in [-0.05, 0) is 48.4 Å². The zero-order valence-corrected chi connectivity index (χ0v) is 17.6. The molecule has 3 heterocycles. The number of aryl methyl sites for hydroxylation is 1. The zero-order chi connectivity index (χ0) is 21.5. The van der Waals surface area contributed by atoms with Crippen molar-refractivity contribution in [2.24, 2.45) is 0 Å². The maximum absolute atomic E-state index is 12.5. The molecule has 1 saturated heterocycles. The van der Waals surface area contributed by atoms with Crippen molar-refractivity contribution in [1.29, 1.82) is 0 Å². The lowest BCUT2D eigenvalue weighted by Crippen LogP contribution is -2.49. The van der Waals surface area contributed by atoms with E-state index in [4.69, 9.17) is 9.47 Å². The molecule has 2 aromatic heterocycles. The highest BCUT2D eigenvalue weighted by molar-refractivity contribution is 5.71. The van der Waals surface area contributed by atoms with Crippen LogP contribution in [0.1, 0.15) is 11.1 Å². The monoisotopic (exact) mass is 418 g/mol. The molecule has 0 saturated carbocycles. The van der Waals surface area contributed by atoms with Gasteiger partial charge in [0.15, 0.2) is 0 Å². The molecule has 0 radical (unpaired) electrons. The Morgan fingerprint density at radius 2 is 1.68 bits per heavy atom. The fourth-order valence-corrected chi connectivity index (χ4v) is 3.38. The van der Waals surface area contributed by atoms with E-state index in [2.05, 4.69) is 20.9 Å². The topological polar surface area (TPSA) is 67.8 Å². The van der Waals surface area contributed by atoms with Crippen LogP contribution in [0, 0.1) is 6.92 Å². The largest absolute Gasteiger partial charge is 0.493 e. The van der Waals surface area contributed by atoms with E-state index < -0.39 is 0 Å². The van der Waals surface area contributed by atoms with Crippen molar-refractivity contribution in [1.82, 2.24) is 14.9 Å². The molecule has 0 atom stereocenters. The molecular formula is C24H26N4O3. The first-order valence-electron chi connectivity index (χ1n) is 10.4. The summed E-state index contributed by atoms with van der Waals surface area (Å²) in [4.78, 5) is 24.9. The van der Waals surface area contributed by atoms with E-state index in [0.717, 1.165) is 42.2 Å². The Morgan fingerprint density at radius 3 is 2.35 bits per heavy atom. The first kappa shape index (κ1) is 20.7. The average Bonchev–Trinajstić information content (AvgIpc) is 2.81. The number of ether oxygens (including phenoxy) is 2. The summed E-state index contributed by atoms with van der Waals surface area (Å²) in [6, 6.07) is 15.3. The van der Waals surface area contributed by atoms with Gasteiger partial charge in [0.2, 0.25) is 0 Å². The summed E-state index contributed by atoms with van der Waals surface area (Å²) in [5.41, 5.74) is 2.26. The molecule has 1 amide bonds. The van der Waals surface area contributed by atoms with Crippen LogP contribution in [0.2, 0.25) is 0 Å². The Labute approximate surface area is 182 Å². The lowest BCUT2D eigenvalue weighted by Gasteiger charge is -2.34. The third-order valence-electron chi connectivity index (χ3n) is 5.20. The van der Waals surface area contributed by atoms with E-state index in [1.165, 1.54) is 0 Å². The number of piperazine rings is 1. The summed E-state index contributed by atoms with van der Waals surface area (Å²) in [7, 11) is 0. The first-order valence-corrected chi connectivity index (χ1v) is 10.4. The molecule has 3 aromatic rings. The van der Waals surface area contributed by atoms with Gasteiger partial charge >= 0.3 is 6.09 Å². The number of hydrogen-bond donors (Lipinski definition) is 0. The van der Waals surface area contributed by atoms with Crippen LogP contribution < -0.4 is 14.4 Å². The van der Waals surface area contributed by atoms with Gasteiger partial charge in [-0.15, -0.1) is 0 Å². The third kappa shape index (κ3) is 5.72. The molecule has 31 heavy (non-hydrogen) atoms. The van der Waals surface area contributed by atoms with Crippen LogP contribution in [0.3, 0.4) is 0 Å². The second kappa shape index (κ2) is 9.93. The maximum Gasteiger partial charge on any atom is 0.415 e. The molecule has 1 fully saturated rings. The van der Waals surface area contributed by atoms with Crippen molar-refractivity contribution in [3.63, 3.8) is 0 Å². The van der Waals surface area contributed by atoms with Crippen molar-refractivity contribution in [3.05, 3.63) is 78.2 Å². The number of amides is 1. The standard InChI is InChI=1S/C24H26N4O3/c1-19-2-7-23(26-18-19)27-13-15-28(16-14-27)24(29)31-22-5-3-20(4-6-22)10-17-30-21-8-11-25-12-9-21/h2-9,11-12,18H,10,13-17H2,1H3. The number of aromatic nitrogens is 2. The lowest BCUT2D eigenvalue weighted by atomic mass is 10.1. The second-order valence-corrected chi connectivity index (χ2v) is 7.46. The van der Waals surface area contributed by atoms with Gasteiger partial charge in [-0.2, -0.15) is 0 Å². The van der Waals surface area contributed by atoms with Crippen LogP contribution in [0.4, 0.5) is 10.6 Å². The fourth-order valence-electron chi connectivity index (χ4n) is 3.38. The number of pyridine rings is 2. The quantitative estimate of drug-likeness (QED) is 0.608. The summed E-state index contributed by atoms with van der Waals surface area (Å²) < 4.78 is 11.2. The highest BCUT2D eigenvalue weighted by atomic mass is 16.6. The second-order valence-electron chi connectivity index (χ2n) is 7.46. The molecule has 0 aliphatic carbocycles. The van der Waals surface area contributed by atoms with Crippen LogP contribution in [-0.4, -0.2) is 53.7 Å². The Hall–Kier alpha value is -3.61. The highest BCUT2D eigenvalue weighted by Gasteiger charge is 2.23. The van der Waals surface area contributed by atoms with Crippen LogP contribution in [-0.2, 0) is 6.42 Å². The summed E-state index contributed by atoms with van der Waals surface area (Å²) in [6.07, 6.45) is 5.73. The number of nitrogens with zero attached hydrogens (tertiary/aromatic N) is 4. The summed E-state index contributed by atoms with van der Waals surface area (Å²) in [5.74, 6) is 2.30. The number of rotatable bonds is 6. The smallest absolute Gasteiger partial charge is 0.415 e. The molecule has 160 valence electrons. The van der Waals surface area contributed by atoms with Gasteiger partial charge in [-0.1, -0.05) is 18.2 Å². The molecule has 0 unspecified atom stereocenters. The molecule has 7 heteroatoms.